The molecule has 1 aliphatic heterocycles. The van der Waals surface area contributed by atoms with E-state index in [4.69, 9.17) is 0 Å². The van der Waals surface area contributed by atoms with Gasteiger partial charge >= 0.3 is 0 Å². The van der Waals surface area contributed by atoms with Crippen molar-refractivity contribution in [3.8, 4) is 0 Å². The number of nitrogens with one attached hydrogen (secondary N) is 1. The Balaban J connectivity index is 1.83. The third-order valence-electron chi connectivity index (χ3n) is 4.49. The Labute approximate surface area is 167 Å². The van der Waals surface area contributed by atoms with Gasteiger partial charge in [-0.15, -0.1) is 10.2 Å². The molecular weight excluding hydrogens is 364 g/mol. The number of aliphatic imine (C=N–C) groups is 1. The predicted molar refractivity (Wildman–Crippen MR) is 114 cm³/mol. The Morgan fingerprint density at radius 2 is 2.23 bits per heavy atom. The standard InChI is InChI=1S/C18H34N6S2/c1-6-15-13-23(10-11-26-15)17(19-4)20-9-7-8-16-21-22-18(25-5)24(16)12-14(2)3/h14-15H,6-13H2,1-5H3,(H,19,20). The van der Waals surface area contributed by atoms with Gasteiger partial charge in [-0.2, -0.15) is 11.8 Å². The summed E-state index contributed by atoms with van der Waals surface area (Å²) < 4.78 is 2.28. The van der Waals surface area contributed by atoms with Crippen LogP contribution in [0.4, 0.5) is 0 Å². The molecule has 1 fully saturated rings. The van der Waals surface area contributed by atoms with Crippen molar-refractivity contribution in [1.29, 1.82) is 0 Å². The van der Waals surface area contributed by atoms with Crippen molar-refractivity contribution in [3.63, 3.8) is 0 Å². The summed E-state index contributed by atoms with van der Waals surface area (Å²) in [6.07, 6.45) is 5.26. The van der Waals surface area contributed by atoms with Crippen molar-refractivity contribution in [2.75, 3.05) is 38.7 Å². The Bertz CT molecular complexity index is 572. The molecule has 0 radical (unpaired) electrons. The maximum absolute atomic E-state index is 4.49. The second-order valence-electron chi connectivity index (χ2n) is 7.03. The van der Waals surface area contributed by atoms with Crippen LogP contribution in [0.5, 0.6) is 0 Å². The lowest BCUT2D eigenvalue weighted by molar-refractivity contribution is 0.407. The van der Waals surface area contributed by atoms with Gasteiger partial charge in [0, 0.05) is 50.7 Å². The van der Waals surface area contributed by atoms with E-state index in [-0.39, 0.29) is 0 Å². The van der Waals surface area contributed by atoms with Crippen LogP contribution in [0.25, 0.3) is 0 Å². The van der Waals surface area contributed by atoms with E-state index in [1.165, 1.54) is 12.2 Å². The second kappa shape index (κ2) is 11.1. The highest BCUT2D eigenvalue weighted by Crippen LogP contribution is 2.21. The molecule has 1 aromatic heterocycles. The molecule has 1 N–H and O–H groups in total. The van der Waals surface area contributed by atoms with Gasteiger partial charge in [-0.25, -0.2) is 0 Å². The van der Waals surface area contributed by atoms with Gasteiger partial charge in [0.25, 0.3) is 0 Å². The Kier molecular flexibility index (Phi) is 9.11. The number of aryl methyl sites for hydroxylation is 1. The first kappa shape index (κ1) is 21.4. The molecule has 1 saturated heterocycles. The molecular formula is C18H34N6S2. The van der Waals surface area contributed by atoms with E-state index < -0.39 is 0 Å². The molecule has 2 heterocycles. The third-order valence-corrected chi connectivity index (χ3v) is 6.53. The Morgan fingerprint density at radius 1 is 1.42 bits per heavy atom. The summed E-state index contributed by atoms with van der Waals surface area (Å²) in [6.45, 7) is 10.8. The highest BCUT2D eigenvalue weighted by molar-refractivity contribution is 8.00. The number of hydrogen-bond donors (Lipinski definition) is 1. The molecule has 0 aromatic carbocycles. The molecule has 26 heavy (non-hydrogen) atoms. The van der Waals surface area contributed by atoms with E-state index in [9.17, 15) is 0 Å². The normalized spacial score (nSPS) is 18.6. The van der Waals surface area contributed by atoms with Gasteiger partial charge in [-0.05, 0) is 25.0 Å². The van der Waals surface area contributed by atoms with E-state index in [1.54, 1.807) is 11.8 Å². The van der Waals surface area contributed by atoms with Crippen LogP contribution in [0.1, 0.15) is 39.4 Å². The molecule has 1 unspecified atom stereocenters. The number of rotatable bonds is 8. The van der Waals surface area contributed by atoms with E-state index >= 15 is 0 Å². The fourth-order valence-corrected chi connectivity index (χ4v) is 4.84. The average Bonchev–Trinajstić information content (AvgIpc) is 3.02. The van der Waals surface area contributed by atoms with Crippen molar-refractivity contribution in [3.05, 3.63) is 5.82 Å². The molecule has 1 atom stereocenters. The lowest BCUT2D eigenvalue weighted by Crippen LogP contribution is -2.48. The molecule has 0 bridgehead atoms. The first-order chi connectivity index (χ1) is 12.6. The van der Waals surface area contributed by atoms with E-state index in [0.717, 1.165) is 61.2 Å². The fraction of sp³-hybridized carbons (Fsp3) is 0.833. The molecule has 148 valence electrons. The number of nitrogens with zero attached hydrogens (tertiary/aromatic N) is 5. The predicted octanol–water partition coefficient (Wildman–Crippen LogP) is 2.99. The van der Waals surface area contributed by atoms with Crippen LogP contribution in [0.15, 0.2) is 10.1 Å². The minimum absolute atomic E-state index is 0.594. The van der Waals surface area contributed by atoms with Crippen LogP contribution in [-0.2, 0) is 13.0 Å². The summed E-state index contributed by atoms with van der Waals surface area (Å²) in [6, 6.07) is 0. The van der Waals surface area contributed by atoms with Gasteiger partial charge in [0.2, 0.25) is 0 Å². The zero-order chi connectivity index (χ0) is 18.9. The highest BCUT2D eigenvalue weighted by Gasteiger charge is 2.21. The van der Waals surface area contributed by atoms with Crippen molar-refractivity contribution >= 4 is 29.5 Å². The quantitative estimate of drug-likeness (QED) is 0.314. The maximum atomic E-state index is 4.49. The van der Waals surface area contributed by atoms with Crippen LogP contribution < -0.4 is 5.32 Å². The molecule has 0 aliphatic carbocycles. The number of hydrogen-bond acceptors (Lipinski definition) is 5. The Hall–Kier alpha value is -0.890. The maximum Gasteiger partial charge on any atom is 0.193 e. The molecule has 2 rings (SSSR count). The zero-order valence-corrected chi connectivity index (χ0v) is 18.5. The number of aromatic nitrogens is 3. The smallest absolute Gasteiger partial charge is 0.193 e. The first-order valence-corrected chi connectivity index (χ1v) is 11.9. The average molecular weight is 399 g/mol. The summed E-state index contributed by atoms with van der Waals surface area (Å²) in [5, 5.41) is 14.0. The van der Waals surface area contributed by atoms with E-state index in [1.807, 2.05) is 7.05 Å². The van der Waals surface area contributed by atoms with Gasteiger partial charge in [0.1, 0.15) is 5.82 Å². The summed E-state index contributed by atoms with van der Waals surface area (Å²) in [7, 11) is 1.88. The SMILES string of the molecule is CCC1CN(C(=NC)NCCCc2nnc(SC)n2CC(C)C)CCS1. The van der Waals surface area contributed by atoms with E-state index in [2.05, 4.69) is 68.8 Å². The molecule has 0 amide bonds. The van der Waals surface area contributed by atoms with Crippen LogP contribution >= 0.6 is 23.5 Å². The van der Waals surface area contributed by atoms with Gasteiger partial charge in [0.15, 0.2) is 11.1 Å². The minimum Gasteiger partial charge on any atom is -0.356 e. The van der Waals surface area contributed by atoms with Gasteiger partial charge in [-0.1, -0.05) is 32.5 Å². The number of thioether (sulfide) groups is 2. The minimum atomic E-state index is 0.594. The highest BCUT2D eigenvalue weighted by atomic mass is 32.2. The molecule has 0 spiro atoms. The summed E-state index contributed by atoms with van der Waals surface area (Å²) in [4.78, 5) is 6.89. The summed E-state index contributed by atoms with van der Waals surface area (Å²) in [5.41, 5.74) is 0. The lowest BCUT2D eigenvalue weighted by atomic mass is 10.2. The van der Waals surface area contributed by atoms with E-state index in [0.29, 0.717) is 5.92 Å². The third kappa shape index (κ3) is 6.08. The monoisotopic (exact) mass is 398 g/mol. The number of guanidine groups is 1. The Morgan fingerprint density at radius 3 is 2.88 bits per heavy atom. The molecule has 0 saturated carbocycles. The summed E-state index contributed by atoms with van der Waals surface area (Å²) >= 11 is 3.76. The molecule has 8 heteroatoms. The molecule has 1 aromatic rings. The first-order valence-electron chi connectivity index (χ1n) is 9.62. The lowest BCUT2D eigenvalue weighted by Gasteiger charge is -2.34. The van der Waals surface area contributed by atoms with Crippen LogP contribution in [0, 0.1) is 5.92 Å². The molecule has 1 aliphatic rings. The van der Waals surface area contributed by atoms with Crippen LogP contribution in [0.3, 0.4) is 0 Å². The van der Waals surface area contributed by atoms with Crippen molar-refractivity contribution < 1.29 is 0 Å². The summed E-state index contributed by atoms with van der Waals surface area (Å²) in [5.74, 6) is 3.92. The molecule has 6 nitrogen and oxygen atoms in total. The zero-order valence-electron chi connectivity index (χ0n) is 16.9. The van der Waals surface area contributed by atoms with Gasteiger partial charge in [0.05, 0.1) is 0 Å². The van der Waals surface area contributed by atoms with Gasteiger partial charge in [-0.3, -0.25) is 4.99 Å². The second-order valence-corrected chi connectivity index (χ2v) is 9.21. The largest absolute Gasteiger partial charge is 0.356 e. The topological polar surface area (TPSA) is 58.3 Å². The fourth-order valence-electron chi connectivity index (χ4n) is 3.14. The van der Waals surface area contributed by atoms with Crippen molar-refractivity contribution in [2.45, 2.75) is 57.0 Å². The van der Waals surface area contributed by atoms with Crippen LogP contribution in [-0.4, -0.2) is 69.6 Å². The van der Waals surface area contributed by atoms with Crippen molar-refractivity contribution in [2.24, 2.45) is 10.9 Å². The van der Waals surface area contributed by atoms with Crippen LogP contribution in [0.2, 0.25) is 0 Å². The van der Waals surface area contributed by atoms with Gasteiger partial charge < -0.3 is 14.8 Å². The van der Waals surface area contributed by atoms with Crippen molar-refractivity contribution in [1.82, 2.24) is 25.0 Å².